The lowest BCUT2D eigenvalue weighted by Gasteiger charge is -2.43. The molecule has 0 atom stereocenters. The van der Waals surface area contributed by atoms with Gasteiger partial charge in [-0.2, -0.15) is 0 Å². The van der Waals surface area contributed by atoms with E-state index in [1.807, 2.05) is 18.2 Å². The van der Waals surface area contributed by atoms with Crippen molar-refractivity contribution < 1.29 is 0 Å². The number of fused-ring (bicyclic) bond motifs is 1. The third-order valence-corrected chi connectivity index (χ3v) is 5.82. The molecule has 3 rings (SSSR count). The fourth-order valence-electron chi connectivity index (χ4n) is 3.52. The van der Waals surface area contributed by atoms with Crippen LogP contribution >= 0.6 is 34.8 Å². The monoisotopic (exact) mass is 406 g/mol. The van der Waals surface area contributed by atoms with Crippen molar-refractivity contribution in [3.05, 3.63) is 62.6 Å². The maximum absolute atomic E-state index is 6.57. The summed E-state index contributed by atoms with van der Waals surface area (Å²) in [5, 5.41) is 1.58. The summed E-state index contributed by atoms with van der Waals surface area (Å²) < 4.78 is 0. The maximum atomic E-state index is 6.57. The van der Waals surface area contributed by atoms with Crippen LogP contribution in [0.3, 0.4) is 0 Å². The summed E-state index contributed by atoms with van der Waals surface area (Å²) in [5.74, 6) is 0. The van der Waals surface area contributed by atoms with Gasteiger partial charge in [-0.25, -0.2) is 0 Å². The number of anilines is 1. The van der Waals surface area contributed by atoms with Crippen molar-refractivity contribution >= 4 is 58.0 Å². The van der Waals surface area contributed by atoms with Gasteiger partial charge in [-0.1, -0.05) is 46.9 Å². The van der Waals surface area contributed by atoms with Crippen molar-refractivity contribution in [3.63, 3.8) is 0 Å². The number of halogens is 3. The fourth-order valence-corrected chi connectivity index (χ4v) is 4.07. The molecule has 136 valence electrons. The number of likely N-dealkylation sites (N-methyl/N-ethyl adjacent to an activating group) is 1. The van der Waals surface area contributed by atoms with Gasteiger partial charge in [-0.15, -0.1) is 0 Å². The van der Waals surface area contributed by atoms with E-state index in [4.69, 9.17) is 34.8 Å². The zero-order chi connectivity index (χ0) is 19.1. The summed E-state index contributed by atoms with van der Waals surface area (Å²) in [4.78, 5) is 6.84. The number of rotatable bonds is 3. The standard InChI is InChI=1S/C21H21Cl3N2/c1-5-26-19-10-17(23)14(9-15(19)13(2)11-21(26,3)4)12-25-18-8-6-7-16(22)20(18)24/h6-12H,5H2,1-4H3. The predicted octanol–water partition coefficient (Wildman–Crippen LogP) is 7.42. The second-order valence-electron chi connectivity index (χ2n) is 6.95. The Kier molecular flexibility index (Phi) is 5.39. The Morgan fingerprint density at radius 2 is 1.85 bits per heavy atom. The molecule has 0 aromatic heterocycles. The van der Waals surface area contributed by atoms with Crippen LogP contribution in [0.4, 0.5) is 11.4 Å². The van der Waals surface area contributed by atoms with Crippen LogP contribution in [0.5, 0.6) is 0 Å². The predicted molar refractivity (Wildman–Crippen MR) is 116 cm³/mol. The van der Waals surface area contributed by atoms with Crippen LogP contribution in [0.15, 0.2) is 41.4 Å². The van der Waals surface area contributed by atoms with E-state index in [9.17, 15) is 0 Å². The highest BCUT2D eigenvalue weighted by atomic mass is 35.5. The highest BCUT2D eigenvalue weighted by Crippen LogP contribution is 2.41. The van der Waals surface area contributed by atoms with Crippen LogP contribution in [-0.2, 0) is 0 Å². The first-order valence-corrected chi connectivity index (χ1v) is 9.67. The summed E-state index contributed by atoms with van der Waals surface area (Å²) in [6, 6.07) is 9.50. The van der Waals surface area contributed by atoms with Crippen LogP contribution in [-0.4, -0.2) is 18.3 Å². The number of aliphatic imine (C=N–C) groups is 1. The highest BCUT2D eigenvalue weighted by Gasteiger charge is 2.30. The average molecular weight is 408 g/mol. The van der Waals surface area contributed by atoms with Crippen LogP contribution < -0.4 is 4.90 Å². The van der Waals surface area contributed by atoms with Crippen LogP contribution in [0.1, 0.15) is 38.8 Å². The Morgan fingerprint density at radius 3 is 2.54 bits per heavy atom. The van der Waals surface area contributed by atoms with Crippen molar-refractivity contribution in [1.29, 1.82) is 0 Å². The van der Waals surface area contributed by atoms with E-state index in [1.165, 1.54) is 11.1 Å². The number of hydrogen-bond donors (Lipinski definition) is 0. The van der Waals surface area contributed by atoms with Gasteiger partial charge >= 0.3 is 0 Å². The summed E-state index contributed by atoms with van der Waals surface area (Å²) >= 11 is 18.8. The molecule has 1 heterocycles. The molecule has 0 radical (unpaired) electrons. The summed E-state index contributed by atoms with van der Waals surface area (Å²) in [6.07, 6.45) is 4.03. The van der Waals surface area contributed by atoms with Crippen molar-refractivity contribution in [2.75, 3.05) is 11.4 Å². The molecule has 0 fully saturated rings. The lowest BCUT2D eigenvalue weighted by molar-refractivity contribution is 0.566. The molecule has 0 aliphatic carbocycles. The van der Waals surface area contributed by atoms with E-state index in [0.717, 1.165) is 17.8 Å². The van der Waals surface area contributed by atoms with Gasteiger partial charge in [0.2, 0.25) is 0 Å². The first-order chi connectivity index (χ1) is 12.2. The molecule has 1 aliphatic heterocycles. The quantitative estimate of drug-likeness (QED) is 0.483. The van der Waals surface area contributed by atoms with Crippen LogP contribution in [0, 0.1) is 0 Å². The van der Waals surface area contributed by atoms with E-state index >= 15 is 0 Å². The Labute approximate surface area is 170 Å². The molecule has 0 unspecified atom stereocenters. The molecule has 2 nitrogen and oxygen atoms in total. The lowest BCUT2D eigenvalue weighted by atomic mass is 9.88. The minimum absolute atomic E-state index is 0.0426. The molecule has 1 aliphatic rings. The van der Waals surface area contributed by atoms with Gasteiger partial charge in [0.25, 0.3) is 0 Å². The Bertz CT molecular complexity index is 914. The van der Waals surface area contributed by atoms with Crippen molar-refractivity contribution in [2.45, 2.75) is 33.2 Å². The minimum Gasteiger partial charge on any atom is -0.363 e. The van der Waals surface area contributed by atoms with Gasteiger partial charge in [0.1, 0.15) is 0 Å². The first-order valence-electron chi connectivity index (χ1n) is 8.53. The number of allylic oxidation sites excluding steroid dienone is 1. The number of benzene rings is 2. The third kappa shape index (κ3) is 3.51. The smallest absolute Gasteiger partial charge is 0.0848 e. The fraction of sp³-hybridized carbons (Fsp3) is 0.286. The SMILES string of the molecule is CCN1c2cc(Cl)c(C=Nc3cccc(Cl)c3Cl)cc2C(C)=CC1(C)C. The van der Waals surface area contributed by atoms with Crippen molar-refractivity contribution in [3.8, 4) is 0 Å². The van der Waals surface area contributed by atoms with Crippen LogP contribution in [0.2, 0.25) is 15.1 Å². The van der Waals surface area contributed by atoms with Gasteiger partial charge in [-0.05, 0) is 57.5 Å². The van der Waals surface area contributed by atoms with E-state index in [1.54, 1.807) is 12.3 Å². The Hall–Kier alpha value is -1.48. The van der Waals surface area contributed by atoms with Gasteiger partial charge in [0.15, 0.2) is 0 Å². The topological polar surface area (TPSA) is 15.6 Å². The molecule has 0 spiro atoms. The van der Waals surface area contributed by atoms with Crippen molar-refractivity contribution in [2.24, 2.45) is 4.99 Å². The van der Waals surface area contributed by atoms with E-state index in [2.05, 4.69) is 49.7 Å². The molecule has 26 heavy (non-hydrogen) atoms. The van der Waals surface area contributed by atoms with E-state index < -0.39 is 0 Å². The molecule has 2 aromatic rings. The molecular weight excluding hydrogens is 387 g/mol. The van der Waals surface area contributed by atoms with E-state index in [0.29, 0.717) is 20.8 Å². The molecule has 0 bridgehead atoms. The lowest BCUT2D eigenvalue weighted by Crippen LogP contribution is -2.44. The molecule has 0 N–H and O–H groups in total. The summed E-state index contributed by atoms with van der Waals surface area (Å²) in [7, 11) is 0. The Balaban J connectivity index is 2.06. The second-order valence-corrected chi connectivity index (χ2v) is 8.14. The second kappa shape index (κ2) is 7.26. The number of nitrogens with zero attached hydrogens (tertiary/aromatic N) is 2. The average Bonchev–Trinajstić information content (AvgIpc) is 2.56. The van der Waals surface area contributed by atoms with Gasteiger partial charge in [-0.3, -0.25) is 4.99 Å². The molecule has 2 aromatic carbocycles. The normalized spacial score (nSPS) is 16.0. The van der Waals surface area contributed by atoms with Crippen LogP contribution in [0.25, 0.3) is 5.57 Å². The zero-order valence-electron chi connectivity index (χ0n) is 15.3. The Morgan fingerprint density at radius 1 is 1.12 bits per heavy atom. The van der Waals surface area contributed by atoms with Gasteiger partial charge < -0.3 is 4.90 Å². The molecule has 0 saturated heterocycles. The summed E-state index contributed by atoms with van der Waals surface area (Å²) in [5.41, 5.74) is 5.00. The van der Waals surface area contributed by atoms with Crippen molar-refractivity contribution in [1.82, 2.24) is 0 Å². The molecular formula is C21H21Cl3N2. The maximum Gasteiger partial charge on any atom is 0.0848 e. The number of hydrogen-bond acceptors (Lipinski definition) is 2. The first kappa shape index (κ1) is 19.3. The molecule has 5 heteroatoms. The van der Waals surface area contributed by atoms with Gasteiger partial charge in [0, 0.05) is 29.6 Å². The van der Waals surface area contributed by atoms with E-state index in [-0.39, 0.29) is 5.54 Å². The third-order valence-electron chi connectivity index (χ3n) is 4.69. The minimum atomic E-state index is -0.0426. The molecule has 0 saturated carbocycles. The highest BCUT2D eigenvalue weighted by molar-refractivity contribution is 6.43. The zero-order valence-corrected chi connectivity index (χ0v) is 17.5. The summed E-state index contributed by atoms with van der Waals surface area (Å²) in [6.45, 7) is 9.63. The molecule has 0 amide bonds. The largest absolute Gasteiger partial charge is 0.363 e. The van der Waals surface area contributed by atoms with Gasteiger partial charge in [0.05, 0.1) is 26.3 Å².